The molecule has 0 aliphatic heterocycles. The topological polar surface area (TPSA) is 128 Å². The summed E-state index contributed by atoms with van der Waals surface area (Å²) in [5, 5.41) is 35.5. The van der Waals surface area contributed by atoms with Crippen LogP contribution in [0.1, 0.15) is 72.1 Å². The van der Waals surface area contributed by atoms with E-state index in [1.54, 1.807) is 0 Å². The normalized spacial score (nSPS) is 40.6. The number of carboxylic acids is 1. The third kappa shape index (κ3) is 4.32. The maximum absolute atomic E-state index is 12.0. The molecule has 0 spiro atoms. The molecule has 0 radical (unpaired) electrons. The molecule has 0 aromatic rings. The number of oxime groups is 1. The van der Waals surface area contributed by atoms with Crippen LogP contribution in [0.5, 0.6) is 0 Å². The van der Waals surface area contributed by atoms with Crippen molar-refractivity contribution >= 4 is 17.6 Å². The maximum Gasteiger partial charge on any atom is 0.328 e. The van der Waals surface area contributed by atoms with Crippen molar-refractivity contribution in [2.24, 2.45) is 33.7 Å². The number of rotatable bonds is 6. The van der Waals surface area contributed by atoms with Crippen molar-refractivity contribution in [3.63, 3.8) is 0 Å². The van der Waals surface area contributed by atoms with Gasteiger partial charge in [-0.15, -0.1) is 0 Å². The number of aliphatic carboxylic acids is 1. The van der Waals surface area contributed by atoms with Gasteiger partial charge in [-0.3, -0.25) is 4.79 Å². The summed E-state index contributed by atoms with van der Waals surface area (Å²) in [6.45, 7) is 5.62. The number of aliphatic hydroxyl groups excluding tert-OH is 2. The lowest BCUT2D eigenvalue weighted by atomic mass is 9.47. The highest BCUT2D eigenvalue weighted by molar-refractivity contribution is 5.96. The van der Waals surface area contributed by atoms with Crippen LogP contribution in [-0.4, -0.2) is 57.8 Å². The van der Waals surface area contributed by atoms with Crippen LogP contribution in [0.25, 0.3) is 0 Å². The highest BCUT2D eigenvalue weighted by Gasteiger charge is 2.58. The fourth-order valence-corrected chi connectivity index (χ4v) is 7.39. The van der Waals surface area contributed by atoms with Crippen LogP contribution in [0.3, 0.4) is 0 Å². The number of allylic oxidation sites excluding steroid dienone is 2. The summed E-state index contributed by atoms with van der Waals surface area (Å²) in [5.41, 5.74) is 2.47. The lowest BCUT2D eigenvalue weighted by molar-refractivity contribution is -0.145. The van der Waals surface area contributed by atoms with Gasteiger partial charge in [0.15, 0.2) is 12.6 Å². The number of nitrogens with zero attached hydrogens (tertiary/aromatic N) is 1. The van der Waals surface area contributed by atoms with Crippen molar-refractivity contribution in [1.29, 1.82) is 0 Å². The summed E-state index contributed by atoms with van der Waals surface area (Å²) in [6.07, 6.45) is 9.11. The number of amides is 1. The van der Waals surface area contributed by atoms with Crippen LogP contribution in [0, 0.1) is 28.6 Å². The first-order valence-corrected chi connectivity index (χ1v) is 12.3. The molecular weight excluding hydrogens is 424 g/mol. The van der Waals surface area contributed by atoms with E-state index in [2.05, 4.69) is 30.4 Å². The smallest absolute Gasteiger partial charge is 0.328 e. The Morgan fingerprint density at radius 3 is 2.64 bits per heavy atom. The minimum Gasteiger partial charge on any atom is -0.480 e. The highest BCUT2D eigenvalue weighted by Crippen LogP contribution is 2.65. The monoisotopic (exact) mass is 462 g/mol. The van der Waals surface area contributed by atoms with Crippen LogP contribution in [0.2, 0.25) is 0 Å². The molecule has 4 N–H and O–H groups in total. The molecule has 8 atom stereocenters. The predicted octanol–water partition coefficient (Wildman–Crippen LogP) is 2.63. The first-order valence-electron chi connectivity index (χ1n) is 12.3. The average Bonchev–Trinajstić information content (AvgIpc) is 3.06. The van der Waals surface area contributed by atoms with E-state index in [0.29, 0.717) is 17.8 Å². The van der Waals surface area contributed by atoms with Gasteiger partial charge in [0.25, 0.3) is 5.91 Å². The van der Waals surface area contributed by atoms with Gasteiger partial charge in [0, 0.05) is 0 Å². The molecule has 4 rings (SSSR count). The lowest BCUT2D eigenvalue weighted by Crippen LogP contribution is -2.51. The largest absolute Gasteiger partial charge is 0.480 e. The molecule has 0 bridgehead atoms. The van der Waals surface area contributed by atoms with Crippen molar-refractivity contribution in [2.75, 3.05) is 6.61 Å². The fourth-order valence-electron chi connectivity index (χ4n) is 7.39. The molecule has 0 aromatic carbocycles. The molecule has 0 saturated heterocycles. The van der Waals surface area contributed by atoms with E-state index in [1.165, 1.54) is 18.9 Å². The molecule has 3 fully saturated rings. The van der Waals surface area contributed by atoms with Crippen LogP contribution in [-0.2, 0) is 14.4 Å². The van der Waals surface area contributed by atoms with Gasteiger partial charge in [-0.25, -0.2) is 4.79 Å². The molecule has 4 aliphatic rings. The minimum absolute atomic E-state index is 0.0852. The Hall–Kier alpha value is -1.93. The van der Waals surface area contributed by atoms with Gasteiger partial charge in [-0.05, 0) is 93.0 Å². The van der Waals surface area contributed by atoms with Gasteiger partial charge in [-0.2, -0.15) is 0 Å². The van der Waals surface area contributed by atoms with Crippen molar-refractivity contribution < 1.29 is 29.7 Å². The summed E-state index contributed by atoms with van der Waals surface area (Å²) in [7, 11) is 0. The molecule has 0 unspecified atom stereocenters. The molecule has 0 heterocycles. The van der Waals surface area contributed by atoms with Crippen LogP contribution >= 0.6 is 0 Å². The maximum atomic E-state index is 12.0. The molecule has 0 aromatic heterocycles. The van der Waals surface area contributed by atoms with Crippen molar-refractivity contribution in [3.05, 3.63) is 11.6 Å². The van der Waals surface area contributed by atoms with Crippen LogP contribution in [0.15, 0.2) is 16.8 Å². The Labute approximate surface area is 195 Å². The molecule has 184 valence electrons. The first kappa shape index (κ1) is 24.2. The van der Waals surface area contributed by atoms with E-state index < -0.39 is 30.6 Å². The first-order chi connectivity index (χ1) is 15.6. The summed E-state index contributed by atoms with van der Waals surface area (Å²) in [6, 6.07) is -1.38. The quantitative estimate of drug-likeness (QED) is 0.449. The van der Waals surface area contributed by atoms with Crippen molar-refractivity contribution in [3.8, 4) is 0 Å². The number of carbonyl (C=O) groups is 2. The zero-order valence-corrected chi connectivity index (χ0v) is 19.9. The molecule has 8 nitrogen and oxygen atoms in total. The van der Waals surface area contributed by atoms with E-state index >= 15 is 0 Å². The standard InChI is InChI=1S/C25H38N2O6/c1-14(28)22(23(31)32)26-21(30)13-33-27-16-8-10-24(2)15(12-16)4-5-17-18-6-7-20(29)25(18,3)11-9-19(17)24/h12,14,17-20,22,28-29H,4-11,13H2,1-3H3,(H,26,30)(H,31,32)/t14-,17+,18-,19-,20+,22-,24-,25-/m0/s1. The number of nitrogens with one attached hydrogen (secondary N) is 1. The Morgan fingerprint density at radius 1 is 1.18 bits per heavy atom. The van der Waals surface area contributed by atoms with Crippen LogP contribution < -0.4 is 5.32 Å². The van der Waals surface area contributed by atoms with E-state index in [9.17, 15) is 19.8 Å². The lowest BCUT2D eigenvalue weighted by Gasteiger charge is -2.57. The second-order valence-electron chi connectivity index (χ2n) is 11.1. The Balaban J connectivity index is 1.39. The highest BCUT2D eigenvalue weighted by atomic mass is 16.6. The Morgan fingerprint density at radius 2 is 1.94 bits per heavy atom. The van der Waals surface area contributed by atoms with Gasteiger partial charge in [0.1, 0.15) is 0 Å². The molecule has 1 amide bonds. The summed E-state index contributed by atoms with van der Waals surface area (Å²) in [5.74, 6) is 0.00935. The van der Waals surface area contributed by atoms with E-state index in [4.69, 9.17) is 9.94 Å². The van der Waals surface area contributed by atoms with Gasteiger partial charge in [0.05, 0.1) is 17.9 Å². The molecule has 4 aliphatic carbocycles. The Kier molecular flexibility index (Phi) is 6.62. The molecule has 3 saturated carbocycles. The van der Waals surface area contributed by atoms with Crippen LogP contribution in [0.4, 0.5) is 0 Å². The number of aliphatic hydroxyl groups is 2. The average molecular weight is 463 g/mol. The fraction of sp³-hybridized carbons (Fsp3) is 0.800. The van der Waals surface area contributed by atoms with Crippen molar-refractivity contribution in [2.45, 2.75) is 90.4 Å². The SMILES string of the molecule is C[C@H](O)[C@H](NC(=O)CON=C1C=C2CC[C@@H]3[C@@H]4CC[C@@H](O)[C@@]4(C)CC[C@@H]3[C@@]2(C)CC1)C(=O)O. The number of hydrogen-bond acceptors (Lipinski definition) is 6. The second kappa shape index (κ2) is 9.02. The number of carboxylic acid groups (broad SMARTS) is 1. The zero-order chi connectivity index (χ0) is 24.0. The second-order valence-corrected chi connectivity index (χ2v) is 11.1. The number of fused-ring (bicyclic) bond motifs is 5. The summed E-state index contributed by atoms with van der Waals surface area (Å²) in [4.78, 5) is 28.3. The molecular formula is C25H38N2O6. The van der Waals surface area contributed by atoms with Gasteiger partial charge >= 0.3 is 5.97 Å². The zero-order valence-electron chi connectivity index (χ0n) is 19.9. The molecule has 33 heavy (non-hydrogen) atoms. The van der Waals surface area contributed by atoms with E-state index in [-0.39, 0.29) is 16.9 Å². The van der Waals surface area contributed by atoms with E-state index in [0.717, 1.165) is 50.7 Å². The predicted molar refractivity (Wildman–Crippen MR) is 122 cm³/mol. The van der Waals surface area contributed by atoms with Crippen molar-refractivity contribution in [1.82, 2.24) is 5.32 Å². The third-order valence-electron chi connectivity index (χ3n) is 9.37. The minimum atomic E-state index is -1.38. The summed E-state index contributed by atoms with van der Waals surface area (Å²) < 4.78 is 0. The van der Waals surface area contributed by atoms with Gasteiger partial charge < -0.3 is 25.5 Å². The number of hydrogen-bond donors (Lipinski definition) is 4. The summed E-state index contributed by atoms with van der Waals surface area (Å²) >= 11 is 0. The van der Waals surface area contributed by atoms with Gasteiger partial charge in [0.2, 0.25) is 0 Å². The number of carbonyl (C=O) groups excluding carboxylic acids is 1. The Bertz CT molecular complexity index is 854. The van der Waals surface area contributed by atoms with E-state index in [1.807, 2.05) is 0 Å². The molecule has 8 heteroatoms. The third-order valence-corrected chi connectivity index (χ3v) is 9.37. The van der Waals surface area contributed by atoms with Gasteiger partial charge in [-0.1, -0.05) is 24.6 Å².